The summed E-state index contributed by atoms with van der Waals surface area (Å²) in [6, 6.07) is 7.96. The molecule has 2 N–H and O–H groups in total. The van der Waals surface area contributed by atoms with Crippen LogP contribution in [0.25, 0.3) is 0 Å². The molecule has 0 bridgehead atoms. The summed E-state index contributed by atoms with van der Waals surface area (Å²) in [6.07, 6.45) is 7.02. The van der Waals surface area contributed by atoms with E-state index in [9.17, 15) is 14.4 Å². The number of rotatable bonds is 4. The Hall–Kier alpha value is -3.20. The lowest BCUT2D eigenvalue weighted by Crippen LogP contribution is -2.50. The monoisotopic (exact) mass is 496 g/mol. The molecule has 1 saturated heterocycles. The number of nitrogens with one attached hydrogen (secondary N) is 2. The van der Waals surface area contributed by atoms with Crippen molar-refractivity contribution in [2.45, 2.75) is 45.4 Å². The number of hydrogen-bond donors (Lipinski definition) is 2. The molecular weight excluding hydrogens is 464 g/mol. The lowest BCUT2D eigenvalue weighted by atomic mass is 9.74. The molecule has 3 amide bonds. The van der Waals surface area contributed by atoms with Crippen molar-refractivity contribution in [3.63, 3.8) is 0 Å². The van der Waals surface area contributed by atoms with Gasteiger partial charge in [0.2, 0.25) is 17.7 Å². The first kappa shape index (κ1) is 24.9. The quantitative estimate of drug-likeness (QED) is 0.632. The number of fused-ring (bicyclic) bond motifs is 1. The average Bonchev–Trinajstić information content (AvgIpc) is 3.27. The van der Waals surface area contributed by atoms with E-state index >= 15 is 0 Å². The number of carbonyl (C=O) groups excluding carboxylic acids is 3. The molecule has 1 aromatic heterocycles. The lowest BCUT2D eigenvalue weighted by Gasteiger charge is -2.40. The minimum atomic E-state index is -0.536. The molecule has 8 nitrogen and oxygen atoms in total. The van der Waals surface area contributed by atoms with Gasteiger partial charge in [-0.2, -0.15) is 0 Å². The van der Waals surface area contributed by atoms with Gasteiger partial charge in [0, 0.05) is 31.3 Å². The number of ether oxygens (including phenoxy) is 1. The first-order valence-corrected chi connectivity index (χ1v) is 13.0. The Balaban J connectivity index is 1.31. The number of benzene rings is 1. The van der Waals surface area contributed by atoms with E-state index in [0.717, 1.165) is 23.4 Å². The van der Waals surface area contributed by atoms with Crippen LogP contribution in [-0.2, 0) is 20.8 Å². The molecule has 35 heavy (non-hydrogen) atoms. The Morgan fingerprint density at radius 3 is 2.77 bits per heavy atom. The van der Waals surface area contributed by atoms with Crippen LogP contribution in [0, 0.1) is 12.3 Å². The van der Waals surface area contributed by atoms with Crippen molar-refractivity contribution in [3.8, 4) is 5.75 Å². The Morgan fingerprint density at radius 2 is 2.00 bits per heavy atom. The molecule has 0 aliphatic carbocycles. The van der Waals surface area contributed by atoms with Crippen molar-refractivity contribution in [2.75, 3.05) is 31.6 Å². The number of nitrogens with zero attached hydrogens (tertiary/aromatic N) is 2. The second kappa shape index (κ2) is 11.5. The molecule has 0 atom stereocenters. The van der Waals surface area contributed by atoms with Crippen molar-refractivity contribution in [2.24, 2.45) is 5.41 Å². The molecule has 3 heterocycles. The van der Waals surface area contributed by atoms with Gasteiger partial charge in [-0.15, -0.1) is 11.3 Å². The molecule has 0 radical (unpaired) electrons. The molecule has 4 rings (SSSR count). The number of allylic oxidation sites excluding steroid dienone is 2. The normalized spacial score (nSPS) is 18.9. The van der Waals surface area contributed by atoms with E-state index in [1.807, 2.05) is 30.5 Å². The zero-order chi connectivity index (χ0) is 24.7. The van der Waals surface area contributed by atoms with Gasteiger partial charge >= 0.3 is 0 Å². The number of para-hydroxylation sites is 1. The number of carbonyl (C=O) groups is 3. The van der Waals surface area contributed by atoms with Crippen LogP contribution in [0.2, 0.25) is 0 Å². The number of likely N-dealkylation sites (tertiary alicyclic amines) is 1. The Kier molecular flexibility index (Phi) is 8.17. The number of aryl methyl sites for hydroxylation is 1. The molecule has 1 fully saturated rings. The highest BCUT2D eigenvalue weighted by molar-refractivity contribution is 7.13. The maximum absolute atomic E-state index is 13.2. The molecule has 9 heteroatoms. The van der Waals surface area contributed by atoms with Crippen molar-refractivity contribution in [1.29, 1.82) is 0 Å². The highest BCUT2D eigenvalue weighted by Gasteiger charge is 2.41. The van der Waals surface area contributed by atoms with E-state index in [4.69, 9.17) is 4.74 Å². The summed E-state index contributed by atoms with van der Waals surface area (Å²) in [5.74, 6) is 0.599. The third kappa shape index (κ3) is 6.48. The number of anilines is 1. The number of piperidine rings is 1. The molecule has 1 aromatic carbocycles. The van der Waals surface area contributed by atoms with Crippen molar-refractivity contribution in [3.05, 3.63) is 53.1 Å². The summed E-state index contributed by atoms with van der Waals surface area (Å²) in [5.41, 5.74) is 1.44. The zero-order valence-corrected chi connectivity index (χ0v) is 20.9. The van der Waals surface area contributed by atoms with Gasteiger partial charge in [-0.3, -0.25) is 14.4 Å². The van der Waals surface area contributed by atoms with Crippen LogP contribution in [0.3, 0.4) is 0 Å². The standard InChI is InChI=1S/C26H32N4O4S/c1-19-18-35-25(28-19)29-22(31)9-10-23(32)30-15-12-26(13-16-30)11-5-4-7-20-6-2-3-8-21(20)34-17-14-27-24(26)33/h2-6,8,18H,7,9-17H2,1H3,(H,27,33)(H,28,29,31)/b5-4+. The molecule has 0 unspecified atom stereocenters. The van der Waals surface area contributed by atoms with Gasteiger partial charge in [0.05, 0.1) is 17.7 Å². The molecule has 1 spiro atoms. The number of aromatic nitrogens is 1. The second-order valence-electron chi connectivity index (χ2n) is 9.10. The lowest BCUT2D eigenvalue weighted by molar-refractivity contribution is -0.141. The number of thiazole rings is 1. The third-order valence-corrected chi connectivity index (χ3v) is 7.49. The maximum atomic E-state index is 13.2. The highest BCUT2D eigenvalue weighted by atomic mass is 32.1. The summed E-state index contributed by atoms with van der Waals surface area (Å²) >= 11 is 1.37. The fourth-order valence-corrected chi connectivity index (χ4v) is 5.23. The van der Waals surface area contributed by atoms with Crippen molar-refractivity contribution >= 4 is 34.2 Å². The van der Waals surface area contributed by atoms with Gasteiger partial charge < -0.3 is 20.3 Å². The van der Waals surface area contributed by atoms with Crippen molar-refractivity contribution < 1.29 is 19.1 Å². The van der Waals surface area contributed by atoms with Crippen molar-refractivity contribution in [1.82, 2.24) is 15.2 Å². The van der Waals surface area contributed by atoms with E-state index in [0.29, 0.717) is 50.6 Å². The van der Waals surface area contributed by atoms with Gasteiger partial charge in [-0.1, -0.05) is 30.4 Å². The van der Waals surface area contributed by atoms with Gasteiger partial charge in [-0.25, -0.2) is 4.98 Å². The van der Waals surface area contributed by atoms with E-state index in [1.54, 1.807) is 4.90 Å². The Morgan fingerprint density at radius 1 is 1.20 bits per heavy atom. The maximum Gasteiger partial charge on any atom is 0.226 e. The van der Waals surface area contributed by atoms with Crippen LogP contribution in [0.1, 0.15) is 43.4 Å². The van der Waals surface area contributed by atoms with E-state index in [1.165, 1.54) is 11.3 Å². The van der Waals surface area contributed by atoms with Gasteiger partial charge in [0.25, 0.3) is 0 Å². The fraction of sp³-hybridized carbons (Fsp3) is 0.462. The topological polar surface area (TPSA) is 101 Å². The van der Waals surface area contributed by atoms with E-state index in [2.05, 4.69) is 33.8 Å². The Bertz CT molecular complexity index is 1090. The van der Waals surface area contributed by atoms with Crippen LogP contribution in [0.5, 0.6) is 5.75 Å². The zero-order valence-electron chi connectivity index (χ0n) is 20.0. The van der Waals surface area contributed by atoms with Crippen LogP contribution < -0.4 is 15.4 Å². The predicted molar refractivity (Wildman–Crippen MR) is 135 cm³/mol. The SMILES string of the molecule is Cc1csc(NC(=O)CCC(=O)N2CCC3(C/C=C/Cc4ccccc4OCCNC3=O)CC2)n1. The molecule has 2 aliphatic heterocycles. The van der Waals surface area contributed by atoms with E-state index in [-0.39, 0.29) is 30.6 Å². The van der Waals surface area contributed by atoms with Gasteiger partial charge in [-0.05, 0) is 44.2 Å². The largest absolute Gasteiger partial charge is 0.491 e. The minimum absolute atomic E-state index is 0.0184. The van der Waals surface area contributed by atoms with Gasteiger partial charge in [0.1, 0.15) is 12.4 Å². The number of hydrogen-bond acceptors (Lipinski definition) is 6. The average molecular weight is 497 g/mol. The molecule has 186 valence electrons. The summed E-state index contributed by atoms with van der Waals surface area (Å²) in [6.45, 7) is 3.73. The molecule has 0 saturated carbocycles. The van der Waals surface area contributed by atoms with Crippen LogP contribution in [-0.4, -0.2) is 53.8 Å². The Labute approximate surface area is 209 Å². The summed E-state index contributed by atoms with van der Waals surface area (Å²) < 4.78 is 5.88. The van der Waals surface area contributed by atoms with Crippen LogP contribution in [0.4, 0.5) is 5.13 Å². The summed E-state index contributed by atoms with van der Waals surface area (Å²) in [7, 11) is 0. The second-order valence-corrected chi connectivity index (χ2v) is 9.95. The predicted octanol–water partition coefficient (Wildman–Crippen LogP) is 3.48. The third-order valence-electron chi connectivity index (χ3n) is 6.62. The molecule has 2 aliphatic rings. The first-order chi connectivity index (χ1) is 16.9. The summed E-state index contributed by atoms with van der Waals surface area (Å²) in [4.78, 5) is 44.1. The number of amides is 3. The first-order valence-electron chi connectivity index (χ1n) is 12.1. The van der Waals surface area contributed by atoms with Gasteiger partial charge in [0.15, 0.2) is 5.13 Å². The fourth-order valence-electron chi connectivity index (χ4n) is 4.53. The highest BCUT2D eigenvalue weighted by Crippen LogP contribution is 2.36. The van der Waals surface area contributed by atoms with Crippen LogP contribution >= 0.6 is 11.3 Å². The minimum Gasteiger partial charge on any atom is -0.491 e. The summed E-state index contributed by atoms with van der Waals surface area (Å²) in [5, 5.41) is 8.20. The van der Waals surface area contributed by atoms with Crippen LogP contribution in [0.15, 0.2) is 41.8 Å². The molecular formula is C26H32N4O4S. The smallest absolute Gasteiger partial charge is 0.226 e. The van der Waals surface area contributed by atoms with E-state index < -0.39 is 5.41 Å². The molecule has 2 aromatic rings.